The van der Waals surface area contributed by atoms with Crippen molar-refractivity contribution in [2.24, 2.45) is 5.41 Å². The van der Waals surface area contributed by atoms with E-state index in [0.717, 1.165) is 0 Å². The molecule has 0 saturated heterocycles. The first-order chi connectivity index (χ1) is 5.39. The normalized spacial score (nSPS) is 18.8. The first-order valence-electron chi connectivity index (χ1n) is 4.12. The summed E-state index contributed by atoms with van der Waals surface area (Å²) in [5, 5.41) is 0. The summed E-state index contributed by atoms with van der Waals surface area (Å²) in [4.78, 5) is 21.8. The van der Waals surface area contributed by atoms with Gasteiger partial charge in [0.05, 0.1) is 5.41 Å². The SMILES string of the molecule is CC(C)(C)C(=O)OC1CC(=O)C1. The smallest absolute Gasteiger partial charge is 0.311 e. The van der Waals surface area contributed by atoms with Crippen LogP contribution in [-0.4, -0.2) is 17.9 Å². The zero-order valence-electron chi connectivity index (χ0n) is 7.72. The maximum absolute atomic E-state index is 11.2. The van der Waals surface area contributed by atoms with Gasteiger partial charge in [0.1, 0.15) is 11.9 Å². The second-order valence-corrected chi connectivity index (χ2v) is 4.22. The van der Waals surface area contributed by atoms with Crippen LogP contribution in [0.1, 0.15) is 33.6 Å². The molecule has 1 rings (SSSR count). The molecule has 3 nitrogen and oxygen atoms in total. The standard InChI is InChI=1S/C9H14O3/c1-9(2,3)8(11)12-7-4-6(10)5-7/h7H,4-5H2,1-3H3. The van der Waals surface area contributed by atoms with Gasteiger partial charge in [0.25, 0.3) is 0 Å². The first kappa shape index (κ1) is 9.23. The van der Waals surface area contributed by atoms with Gasteiger partial charge in [0.15, 0.2) is 0 Å². The Morgan fingerprint density at radius 2 is 1.92 bits per heavy atom. The number of rotatable bonds is 1. The fraction of sp³-hybridized carbons (Fsp3) is 0.778. The van der Waals surface area contributed by atoms with Crippen molar-refractivity contribution in [3.63, 3.8) is 0 Å². The van der Waals surface area contributed by atoms with Crippen molar-refractivity contribution in [1.29, 1.82) is 0 Å². The van der Waals surface area contributed by atoms with Crippen LogP contribution in [0.4, 0.5) is 0 Å². The van der Waals surface area contributed by atoms with Crippen molar-refractivity contribution in [2.75, 3.05) is 0 Å². The number of esters is 1. The summed E-state index contributed by atoms with van der Waals surface area (Å²) in [6.07, 6.45) is 0.660. The van der Waals surface area contributed by atoms with Gasteiger partial charge in [-0.25, -0.2) is 0 Å². The van der Waals surface area contributed by atoms with Crippen molar-refractivity contribution in [3.8, 4) is 0 Å². The molecule has 0 spiro atoms. The Morgan fingerprint density at radius 3 is 2.25 bits per heavy atom. The number of carbonyl (C=O) groups is 2. The first-order valence-corrected chi connectivity index (χ1v) is 4.12. The Balaban J connectivity index is 2.33. The molecule has 1 fully saturated rings. The van der Waals surface area contributed by atoms with E-state index < -0.39 is 5.41 Å². The minimum atomic E-state index is -0.460. The van der Waals surface area contributed by atoms with E-state index in [4.69, 9.17) is 4.74 Å². The molecule has 1 aliphatic carbocycles. The molecule has 0 atom stereocenters. The molecule has 0 unspecified atom stereocenters. The minimum Gasteiger partial charge on any atom is -0.461 e. The second-order valence-electron chi connectivity index (χ2n) is 4.22. The predicted octanol–water partition coefficient (Wildman–Crippen LogP) is 1.31. The molecule has 0 heterocycles. The summed E-state index contributed by atoms with van der Waals surface area (Å²) in [6, 6.07) is 0. The highest BCUT2D eigenvalue weighted by atomic mass is 16.5. The molecule has 12 heavy (non-hydrogen) atoms. The highest BCUT2D eigenvalue weighted by Gasteiger charge is 2.33. The van der Waals surface area contributed by atoms with Gasteiger partial charge in [-0.1, -0.05) is 0 Å². The molecule has 3 heteroatoms. The quantitative estimate of drug-likeness (QED) is 0.557. The van der Waals surface area contributed by atoms with Crippen LogP contribution < -0.4 is 0 Å². The summed E-state index contributed by atoms with van der Waals surface area (Å²) in [5.41, 5.74) is -0.460. The van der Waals surface area contributed by atoms with Gasteiger partial charge in [-0.05, 0) is 20.8 Å². The summed E-state index contributed by atoms with van der Waals surface area (Å²) in [7, 11) is 0. The monoisotopic (exact) mass is 170 g/mol. The lowest BCUT2D eigenvalue weighted by Crippen LogP contribution is -2.36. The summed E-state index contributed by atoms with van der Waals surface area (Å²) >= 11 is 0. The number of hydrogen-bond acceptors (Lipinski definition) is 3. The molecule has 68 valence electrons. The van der Waals surface area contributed by atoms with Crippen LogP contribution in [-0.2, 0) is 14.3 Å². The van der Waals surface area contributed by atoms with Crippen LogP contribution in [0.5, 0.6) is 0 Å². The molecule has 0 aliphatic heterocycles. The average Bonchev–Trinajstić information content (AvgIpc) is 1.82. The van der Waals surface area contributed by atoms with Crippen LogP contribution in [0.2, 0.25) is 0 Å². The molecule has 0 aromatic rings. The van der Waals surface area contributed by atoms with Gasteiger partial charge < -0.3 is 4.74 Å². The van der Waals surface area contributed by atoms with Gasteiger partial charge in [-0.2, -0.15) is 0 Å². The summed E-state index contributed by atoms with van der Waals surface area (Å²) < 4.78 is 5.06. The predicted molar refractivity (Wildman–Crippen MR) is 43.6 cm³/mol. The molecule has 0 amide bonds. The maximum atomic E-state index is 11.2. The summed E-state index contributed by atoms with van der Waals surface area (Å²) in [5.74, 6) is -0.0401. The van der Waals surface area contributed by atoms with Gasteiger partial charge in [0, 0.05) is 12.8 Å². The van der Waals surface area contributed by atoms with E-state index in [0.29, 0.717) is 12.8 Å². The van der Waals surface area contributed by atoms with Crippen LogP contribution >= 0.6 is 0 Å². The lowest BCUT2D eigenvalue weighted by molar-refractivity contribution is -0.164. The third-order valence-corrected chi connectivity index (χ3v) is 1.80. The number of hydrogen-bond donors (Lipinski definition) is 0. The van der Waals surface area contributed by atoms with Crippen LogP contribution in [0.25, 0.3) is 0 Å². The Hall–Kier alpha value is -0.860. The zero-order chi connectivity index (χ0) is 9.35. The fourth-order valence-electron chi connectivity index (χ4n) is 0.860. The van der Waals surface area contributed by atoms with E-state index in [1.807, 2.05) is 0 Å². The molecular formula is C9H14O3. The molecular weight excluding hydrogens is 156 g/mol. The van der Waals surface area contributed by atoms with Crippen LogP contribution in [0.3, 0.4) is 0 Å². The largest absolute Gasteiger partial charge is 0.461 e. The van der Waals surface area contributed by atoms with Crippen molar-refractivity contribution in [2.45, 2.75) is 39.7 Å². The second kappa shape index (κ2) is 2.88. The van der Waals surface area contributed by atoms with Gasteiger partial charge in [-0.15, -0.1) is 0 Å². The number of ether oxygens (including phenoxy) is 1. The molecule has 0 N–H and O–H groups in total. The van der Waals surface area contributed by atoms with Crippen molar-refractivity contribution in [3.05, 3.63) is 0 Å². The number of Topliss-reactive ketones (excluding diaryl/α,β-unsaturated/α-hetero) is 1. The lowest BCUT2D eigenvalue weighted by atomic mass is 9.92. The van der Waals surface area contributed by atoms with Crippen LogP contribution in [0, 0.1) is 5.41 Å². The molecule has 0 bridgehead atoms. The molecule has 1 saturated carbocycles. The van der Waals surface area contributed by atoms with E-state index in [2.05, 4.69) is 0 Å². The Labute approximate surface area is 72.1 Å². The molecule has 0 radical (unpaired) electrons. The Morgan fingerprint density at radius 1 is 1.42 bits per heavy atom. The molecule has 0 aromatic carbocycles. The van der Waals surface area contributed by atoms with E-state index in [9.17, 15) is 9.59 Å². The van der Waals surface area contributed by atoms with Gasteiger partial charge >= 0.3 is 5.97 Å². The third kappa shape index (κ3) is 2.06. The highest BCUT2D eigenvalue weighted by Crippen LogP contribution is 2.23. The zero-order valence-corrected chi connectivity index (χ0v) is 7.72. The van der Waals surface area contributed by atoms with E-state index in [1.165, 1.54) is 0 Å². The molecule has 0 aromatic heterocycles. The highest BCUT2D eigenvalue weighted by molar-refractivity contribution is 5.86. The minimum absolute atomic E-state index is 0.149. The van der Waals surface area contributed by atoms with E-state index in [1.54, 1.807) is 20.8 Å². The fourth-order valence-corrected chi connectivity index (χ4v) is 0.860. The maximum Gasteiger partial charge on any atom is 0.311 e. The number of ketones is 1. The van der Waals surface area contributed by atoms with Crippen molar-refractivity contribution < 1.29 is 14.3 Å². The Kier molecular flexibility index (Phi) is 2.22. The Bertz CT molecular complexity index is 204. The molecule has 1 aliphatic rings. The lowest BCUT2D eigenvalue weighted by Gasteiger charge is -2.27. The average molecular weight is 170 g/mol. The van der Waals surface area contributed by atoms with E-state index in [-0.39, 0.29) is 17.9 Å². The van der Waals surface area contributed by atoms with E-state index >= 15 is 0 Å². The summed E-state index contributed by atoms with van der Waals surface area (Å²) in [6.45, 7) is 5.40. The van der Waals surface area contributed by atoms with Crippen molar-refractivity contribution >= 4 is 11.8 Å². The van der Waals surface area contributed by atoms with Crippen molar-refractivity contribution in [1.82, 2.24) is 0 Å². The topological polar surface area (TPSA) is 43.4 Å². The van der Waals surface area contributed by atoms with Gasteiger partial charge in [-0.3, -0.25) is 9.59 Å². The number of carbonyl (C=O) groups excluding carboxylic acids is 2. The van der Waals surface area contributed by atoms with Gasteiger partial charge in [0.2, 0.25) is 0 Å². The third-order valence-electron chi connectivity index (χ3n) is 1.80. The van der Waals surface area contributed by atoms with Crippen LogP contribution in [0.15, 0.2) is 0 Å².